The summed E-state index contributed by atoms with van der Waals surface area (Å²) in [4.78, 5) is 10.6. The Bertz CT molecular complexity index is 706. The van der Waals surface area contributed by atoms with E-state index in [1.54, 1.807) is 0 Å². The minimum atomic E-state index is -2.16. The van der Waals surface area contributed by atoms with Crippen LogP contribution in [0, 0.1) is 13.8 Å². The Morgan fingerprint density at radius 3 is 1.75 bits per heavy atom. The van der Waals surface area contributed by atoms with E-state index in [-0.39, 0.29) is 0 Å². The van der Waals surface area contributed by atoms with Gasteiger partial charge in [0.25, 0.3) is 0 Å². The van der Waals surface area contributed by atoms with Crippen molar-refractivity contribution in [3.05, 3.63) is 94.7 Å². The molecule has 0 spiro atoms. The van der Waals surface area contributed by atoms with Crippen molar-refractivity contribution in [2.75, 3.05) is 0 Å². The standard InChI is InChI=1S/C8H9O.2C7H7.Ga/c1-3-4-5-8(2)6-7-9;2*1-7-5-3-2-4-6-7;/h4-5,7H,1-2,6H2;2*3-6H,1H3;/b5-4-;;;. The molecule has 0 aliphatic carbocycles. The van der Waals surface area contributed by atoms with Crippen LogP contribution in [0.5, 0.6) is 0 Å². The van der Waals surface area contributed by atoms with Gasteiger partial charge in [-0.1, -0.05) is 0 Å². The van der Waals surface area contributed by atoms with Crippen LogP contribution in [-0.4, -0.2) is 22.5 Å². The number of rotatable bonds is 7. The summed E-state index contributed by atoms with van der Waals surface area (Å²) < 4.78 is 3.96. The number of benzene rings is 2. The second-order valence-corrected chi connectivity index (χ2v) is 12.4. The molecule has 0 fully saturated rings. The van der Waals surface area contributed by atoms with Crippen molar-refractivity contribution in [3.8, 4) is 0 Å². The first-order valence-electron chi connectivity index (χ1n) is 8.12. The van der Waals surface area contributed by atoms with Crippen molar-refractivity contribution < 1.29 is 4.79 Å². The molecule has 0 aromatic heterocycles. The summed E-state index contributed by atoms with van der Waals surface area (Å²) in [5, 5.41) is 0. The first-order chi connectivity index (χ1) is 11.5. The van der Waals surface area contributed by atoms with Crippen LogP contribution in [0.25, 0.3) is 0 Å². The normalized spacial score (nSPS) is 10.6. The Balaban J connectivity index is 2.37. The van der Waals surface area contributed by atoms with Gasteiger partial charge in [0, 0.05) is 0 Å². The molecule has 2 heteroatoms. The predicted molar refractivity (Wildman–Crippen MR) is 105 cm³/mol. The molecule has 1 nitrogen and oxygen atoms in total. The molecule has 2 rings (SSSR count). The van der Waals surface area contributed by atoms with Gasteiger partial charge >= 0.3 is 150 Å². The van der Waals surface area contributed by atoms with Gasteiger partial charge in [0.15, 0.2) is 0 Å². The Morgan fingerprint density at radius 1 is 0.875 bits per heavy atom. The molecule has 0 saturated carbocycles. The Morgan fingerprint density at radius 2 is 1.33 bits per heavy atom. The zero-order valence-electron chi connectivity index (χ0n) is 14.5. The van der Waals surface area contributed by atoms with Crippen LogP contribution >= 0.6 is 0 Å². The average Bonchev–Trinajstić information content (AvgIpc) is 2.57. The molecule has 0 aliphatic heterocycles. The second-order valence-electron chi connectivity index (χ2n) is 6.19. The molecule has 0 atom stereocenters. The van der Waals surface area contributed by atoms with E-state index in [1.807, 2.05) is 6.08 Å². The molecule has 0 N–H and O–H groups in total. The van der Waals surface area contributed by atoms with Crippen molar-refractivity contribution in [1.82, 2.24) is 0 Å². The molecule has 0 saturated heterocycles. The predicted octanol–water partition coefficient (Wildman–Crippen LogP) is 3.71. The summed E-state index contributed by atoms with van der Waals surface area (Å²) >= 11 is -2.16. The minimum absolute atomic E-state index is 0.372. The quantitative estimate of drug-likeness (QED) is 0.411. The summed E-state index contributed by atoms with van der Waals surface area (Å²) in [6.45, 7) is 12.5. The molecular weight excluding hydrogens is 350 g/mol. The van der Waals surface area contributed by atoms with Gasteiger partial charge in [-0.05, 0) is 0 Å². The van der Waals surface area contributed by atoms with Crippen molar-refractivity contribution >= 4 is 30.7 Å². The van der Waals surface area contributed by atoms with Crippen LogP contribution in [0.1, 0.15) is 17.5 Å². The third kappa shape index (κ3) is 4.98. The van der Waals surface area contributed by atoms with Gasteiger partial charge in [-0.2, -0.15) is 0 Å². The van der Waals surface area contributed by atoms with E-state index in [9.17, 15) is 4.79 Å². The van der Waals surface area contributed by atoms with Gasteiger partial charge < -0.3 is 0 Å². The molecular formula is C22H23GaO. The van der Waals surface area contributed by atoms with Crippen molar-refractivity contribution in [2.45, 2.75) is 20.3 Å². The third-order valence-corrected chi connectivity index (χ3v) is 10.4. The Kier molecular flexibility index (Phi) is 6.65. The number of hydrogen-bond donors (Lipinski definition) is 0. The zero-order chi connectivity index (χ0) is 17.5. The third-order valence-electron chi connectivity index (χ3n) is 4.07. The van der Waals surface area contributed by atoms with Gasteiger partial charge in [0.2, 0.25) is 0 Å². The van der Waals surface area contributed by atoms with E-state index in [0.717, 1.165) is 11.9 Å². The van der Waals surface area contributed by atoms with E-state index >= 15 is 0 Å². The van der Waals surface area contributed by atoms with Crippen LogP contribution in [0.2, 0.25) is 0 Å². The summed E-state index contributed by atoms with van der Waals surface area (Å²) in [6.07, 6.45) is 5.23. The Hall–Kier alpha value is -2.03. The summed E-state index contributed by atoms with van der Waals surface area (Å²) in [6, 6.07) is 17.6. The van der Waals surface area contributed by atoms with Crippen molar-refractivity contribution in [1.29, 1.82) is 0 Å². The van der Waals surface area contributed by atoms with E-state index in [1.165, 1.54) is 23.5 Å². The molecule has 0 radical (unpaired) electrons. The fraction of sp³-hybridized carbons (Fsp3) is 0.136. The van der Waals surface area contributed by atoms with E-state index in [0.29, 0.717) is 6.42 Å². The van der Waals surface area contributed by atoms with E-state index in [2.05, 4.69) is 81.6 Å². The van der Waals surface area contributed by atoms with E-state index < -0.39 is 16.2 Å². The molecule has 0 heterocycles. The molecule has 24 heavy (non-hydrogen) atoms. The maximum atomic E-state index is 10.6. The molecule has 0 unspecified atom stereocenters. The van der Waals surface area contributed by atoms with Crippen LogP contribution < -0.4 is 8.24 Å². The monoisotopic (exact) mass is 372 g/mol. The second kappa shape index (κ2) is 8.72. The maximum absolute atomic E-state index is 10.6. The zero-order valence-corrected chi connectivity index (χ0v) is 16.9. The molecule has 0 aliphatic rings. The summed E-state index contributed by atoms with van der Waals surface area (Å²) in [7, 11) is 0. The SMILES string of the molecule is C=C(/C=C\[C](=C)[Ga]([c]1ccc(C)cc1)[c]1ccc(C)cc1)CC=O. The molecule has 2 aromatic carbocycles. The number of carbonyl (C=O) groups excluding carboxylic acids is 1. The summed E-state index contributed by atoms with van der Waals surface area (Å²) in [5.74, 6) is 0. The van der Waals surface area contributed by atoms with Crippen LogP contribution in [0.4, 0.5) is 0 Å². The topological polar surface area (TPSA) is 17.1 Å². The van der Waals surface area contributed by atoms with Gasteiger partial charge in [0.05, 0.1) is 0 Å². The first-order valence-corrected chi connectivity index (χ1v) is 11.8. The van der Waals surface area contributed by atoms with Gasteiger partial charge in [-0.25, -0.2) is 0 Å². The molecule has 0 amide bonds. The van der Waals surface area contributed by atoms with Gasteiger partial charge in [-0.3, -0.25) is 0 Å². The molecule has 2 aromatic rings. The van der Waals surface area contributed by atoms with Gasteiger partial charge in [-0.15, -0.1) is 0 Å². The average molecular weight is 373 g/mol. The first kappa shape index (κ1) is 18.3. The number of allylic oxidation sites excluding steroid dienone is 4. The fourth-order valence-electron chi connectivity index (χ4n) is 2.63. The number of aryl methyl sites for hydroxylation is 2. The number of hydrogen-bond acceptors (Lipinski definition) is 1. The number of carbonyl (C=O) groups is 1. The van der Waals surface area contributed by atoms with Crippen molar-refractivity contribution in [3.63, 3.8) is 0 Å². The van der Waals surface area contributed by atoms with Crippen LogP contribution in [0.3, 0.4) is 0 Å². The molecule has 120 valence electrons. The summed E-state index contributed by atoms with van der Waals surface area (Å²) in [5.41, 5.74) is 3.36. The van der Waals surface area contributed by atoms with Crippen LogP contribution in [-0.2, 0) is 4.79 Å². The Labute approximate surface area is 150 Å². The van der Waals surface area contributed by atoms with Crippen LogP contribution in [0.15, 0.2) is 83.5 Å². The fourth-order valence-corrected chi connectivity index (χ4v) is 8.27. The molecule has 0 bridgehead atoms. The number of aldehydes is 1. The van der Waals surface area contributed by atoms with Crippen molar-refractivity contribution in [2.24, 2.45) is 0 Å². The van der Waals surface area contributed by atoms with E-state index in [4.69, 9.17) is 0 Å². The van der Waals surface area contributed by atoms with Gasteiger partial charge in [0.1, 0.15) is 0 Å².